The fourth-order valence-electron chi connectivity index (χ4n) is 2.95. The number of aromatic nitrogens is 1. The number of halogens is 1. The van der Waals surface area contributed by atoms with E-state index >= 15 is 0 Å². The smallest absolute Gasteiger partial charge is 0.340 e. The highest BCUT2D eigenvalue weighted by atomic mass is 35.5. The van der Waals surface area contributed by atoms with E-state index in [9.17, 15) is 9.59 Å². The highest BCUT2D eigenvalue weighted by molar-refractivity contribution is 6.31. The van der Waals surface area contributed by atoms with E-state index in [1.807, 2.05) is 26.0 Å². The quantitative estimate of drug-likeness (QED) is 0.587. The van der Waals surface area contributed by atoms with E-state index in [0.29, 0.717) is 33.7 Å². The van der Waals surface area contributed by atoms with Crippen LogP contribution in [0.1, 0.15) is 34.1 Å². The Morgan fingerprint density at radius 1 is 1.19 bits per heavy atom. The number of carbonyl (C=O) groups is 2. The molecule has 0 N–H and O–H groups in total. The lowest BCUT2D eigenvalue weighted by atomic mass is 10.2. The van der Waals surface area contributed by atoms with Crippen molar-refractivity contribution in [3.05, 3.63) is 64.8 Å². The molecule has 2 aromatic carbocycles. The first-order valence-corrected chi connectivity index (χ1v) is 8.99. The molecule has 1 aromatic heterocycles. The van der Waals surface area contributed by atoms with Gasteiger partial charge in [-0.25, -0.2) is 4.79 Å². The first kappa shape index (κ1) is 19.0. The molecule has 140 valence electrons. The Morgan fingerprint density at radius 2 is 1.93 bits per heavy atom. The predicted octanol–water partition coefficient (Wildman–Crippen LogP) is 4.89. The van der Waals surface area contributed by atoms with Gasteiger partial charge in [-0.3, -0.25) is 9.36 Å². The monoisotopic (exact) mass is 385 g/mol. The van der Waals surface area contributed by atoms with Crippen molar-refractivity contribution in [1.82, 2.24) is 4.57 Å². The Morgan fingerprint density at radius 3 is 2.59 bits per heavy atom. The number of rotatable bonds is 5. The van der Waals surface area contributed by atoms with E-state index in [-0.39, 0.29) is 5.91 Å². The van der Waals surface area contributed by atoms with Gasteiger partial charge in [0.2, 0.25) is 0 Å². The second-order valence-corrected chi connectivity index (χ2v) is 6.59. The van der Waals surface area contributed by atoms with Crippen LogP contribution in [0.15, 0.2) is 48.7 Å². The van der Waals surface area contributed by atoms with Gasteiger partial charge in [0.1, 0.15) is 5.75 Å². The molecule has 0 saturated heterocycles. The minimum atomic E-state index is -0.702. The van der Waals surface area contributed by atoms with Crippen molar-refractivity contribution in [2.24, 2.45) is 0 Å². The summed E-state index contributed by atoms with van der Waals surface area (Å²) in [6.45, 7) is 3.75. The average Bonchev–Trinajstić information content (AvgIpc) is 3.07. The molecule has 0 bridgehead atoms. The number of hydrogen-bond acceptors (Lipinski definition) is 4. The van der Waals surface area contributed by atoms with Gasteiger partial charge in [0, 0.05) is 16.6 Å². The number of esters is 1. The van der Waals surface area contributed by atoms with Crippen LogP contribution in [0.4, 0.5) is 0 Å². The van der Waals surface area contributed by atoms with E-state index in [4.69, 9.17) is 21.1 Å². The van der Waals surface area contributed by atoms with E-state index < -0.39 is 12.1 Å². The Bertz CT molecular complexity index is 1010. The van der Waals surface area contributed by atoms with Crippen LogP contribution in [0.2, 0.25) is 5.02 Å². The normalized spacial score (nSPS) is 12.0. The molecule has 0 aliphatic rings. The Labute approximate surface area is 162 Å². The summed E-state index contributed by atoms with van der Waals surface area (Å²) in [5.74, 6) is -0.168. The predicted molar refractivity (Wildman–Crippen MR) is 105 cm³/mol. The summed E-state index contributed by atoms with van der Waals surface area (Å²) < 4.78 is 12.2. The van der Waals surface area contributed by atoms with Crippen molar-refractivity contribution in [3.63, 3.8) is 0 Å². The Balaban J connectivity index is 1.98. The third kappa shape index (κ3) is 3.69. The van der Waals surface area contributed by atoms with Gasteiger partial charge < -0.3 is 9.47 Å². The molecule has 1 heterocycles. The Kier molecular flexibility index (Phi) is 5.51. The molecule has 27 heavy (non-hydrogen) atoms. The third-order valence-corrected chi connectivity index (χ3v) is 4.83. The van der Waals surface area contributed by atoms with Crippen LogP contribution in [0.5, 0.6) is 5.75 Å². The molecular weight excluding hydrogens is 366 g/mol. The van der Waals surface area contributed by atoms with Gasteiger partial charge >= 0.3 is 5.97 Å². The highest BCUT2D eigenvalue weighted by Gasteiger charge is 2.25. The molecule has 3 rings (SSSR count). The number of methoxy groups -OCH3 is 1. The minimum absolute atomic E-state index is 0.253. The fraction of sp³-hybridized carbons (Fsp3) is 0.238. The zero-order valence-electron chi connectivity index (χ0n) is 15.4. The number of ether oxygens (including phenoxy) is 2. The van der Waals surface area contributed by atoms with Crippen molar-refractivity contribution < 1.29 is 19.1 Å². The van der Waals surface area contributed by atoms with Gasteiger partial charge in [0.05, 0.1) is 18.2 Å². The summed E-state index contributed by atoms with van der Waals surface area (Å²) in [6.07, 6.45) is 1.28. The van der Waals surface area contributed by atoms with Crippen molar-refractivity contribution in [3.8, 4) is 5.75 Å². The van der Waals surface area contributed by atoms with Crippen molar-refractivity contribution in [1.29, 1.82) is 0 Å². The molecule has 0 saturated carbocycles. The molecule has 0 amide bonds. The summed E-state index contributed by atoms with van der Waals surface area (Å²) >= 11 is 6.05. The molecule has 0 radical (unpaired) electrons. The fourth-order valence-corrected chi connectivity index (χ4v) is 3.07. The van der Waals surface area contributed by atoms with Gasteiger partial charge in [0.25, 0.3) is 5.91 Å². The lowest BCUT2D eigenvalue weighted by Crippen LogP contribution is -2.31. The first-order valence-electron chi connectivity index (χ1n) is 8.61. The second-order valence-electron chi connectivity index (χ2n) is 6.19. The van der Waals surface area contributed by atoms with Crippen LogP contribution in [0.25, 0.3) is 10.9 Å². The van der Waals surface area contributed by atoms with Crippen molar-refractivity contribution >= 4 is 34.4 Å². The number of para-hydroxylation sites is 1. The number of aryl methyl sites for hydroxylation is 1. The molecule has 0 fully saturated rings. The number of fused-ring (bicyclic) bond motifs is 1. The van der Waals surface area contributed by atoms with E-state index in [1.54, 1.807) is 30.3 Å². The van der Waals surface area contributed by atoms with Crippen LogP contribution >= 0.6 is 11.6 Å². The van der Waals surface area contributed by atoms with Crippen LogP contribution in [-0.4, -0.2) is 29.7 Å². The van der Waals surface area contributed by atoms with Crippen LogP contribution in [0, 0.1) is 6.92 Å². The first-order chi connectivity index (χ1) is 13.0. The Hall–Kier alpha value is -2.79. The largest absolute Gasteiger partial charge is 0.481 e. The third-order valence-electron chi connectivity index (χ3n) is 4.41. The van der Waals surface area contributed by atoms with E-state index in [0.717, 1.165) is 5.56 Å². The van der Waals surface area contributed by atoms with E-state index in [1.165, 1.54) is 17.9 Å². The summed E-state index contributed by atoms with van der Waals surface area (Å²) in [4.78, 5) is 25.2. The second kappa shape index (κ2) is 7.84. The maximum atomic E-state index is 13.1. The molecule has 0 aliphatic carbocycles. The molecule has 5 nitrogen and oxygen atoms in total. The number of benzene rings is 2. The summed E-state index contributed by atoms with van der Waals surface area (Å²) in [6, 6.07) is 12.5. The topological polar surface area (TPSA) is 57.5 Å². The molecule has 6 heteroatoms. The van der Waals surface area contributed by atoms with Crippen LogP contribution < -0.4 is 4.74 Å². The zero-order chi connectivity index (χ0) is 19.6. The van der Waals surface area contributed by atoms with Gasteiger partial charge in [-0.1, -0.05) is 36.7 Å². The van der Waals surface area contributed by atoms with Gasteiger partial charge in [-0.2, -0.15) is 0 Å². The maximum Gasteiger partial charge on any atom is 0.340 e. The van der Waals surface area contributed by atoms with Gasteiger partial charge in [0.15, 0.2) is 6.10 Å². The number of hydrogen-bond donors (Lipinski definition) is 0. The number of carbonyl (C=O) groups excluding carboxylic acids is 2. The lowest BCUT2D eigenvalue weighted by Gasteiger charge is -2.18. The summed E-state index contributed by atoms with van der Waals surface area (Å²) in [7, 11) is 1.32. The summed E-state index contributed by atoms with van der Waals surface area (Å²) in [5, 5.41) is 1.30. The summed E-state index contributed by atoms with van der Waals surface area (Å²) in [5.41, 5.74) is 1.85. The van der Waals surface area contributed by atoms with Crippen LogP contribution in [0.3, 0.4) is 0 Å². The zero-order valence-corrected chi connectivity index (χ0v) is 16.1. The molecule has 3 aromatic rings. The SMILES string of the molecule is CCC(Oc1ccc(Cl)c(C)c1)C(=O)n1cc(C(=O)OC)c2ccccc21. The number of nitrogens with zero attached hydrogens (tertiary/aromatic N) is 1. The standard InChI is InChI=1S/C21H20ClNO4/c1-4-19(27-14-9-10-17(22)13(2)11-14)20(24)23-12-16(21(25)26-3)15-7-5-6-8-18(15)23/h5-12,19H,4H2,1-3H3. The lowest BCUT2D eigenvalue weighted by molar-refractivity contribution is 0.0602. The maximum absolute atomic E-state index is 13.1. The van der Waals surface area contributed by atoms with Crippen LogP contribution in [-0.2, 0) is 4.74 Å². The molecule has 0 spiro atoms. The average molecular weight is 386 g/mol. The minimum Gasteiger partial charge on any atom is -0.481 e. The molecular formula is C21H20ClNO4. The van der Waals surface area contributed by atoms with Crippen molar-refractivity contribution in [2.45, 2.75) is 26.4 Å². The van der Waals surface area contributed by atoms with Crippen molar-refractivity contribution in [2.75, 3.05) is 7.11 Å². The van der Waals surface area contributed by atoms with E-state index in [2.05, 4.69) is 0 Å². The molecule has 1 atom stereocenters. The van der Waals surface area contributed by atoms with Gasteiger partial charge in [-0.05, 0) is 43.2 Å². The molecule has 1 unspecified atom stereocenters. The highest BCUT2D eigenvalue weighted by Crippen LogP contribution is 2.25. The molecule has 0 aliphatic heterocycles. The van der Waals surface area contributed by atoms with Gasteiger partial charge in [-0.15, -0.1) is 0 Å².